The van der Waals surface area contributed by atoms with Crippen LogP contribution in [0.25, 0.3) is 0 Å². The molecule has 1 aliphatic rings. The first-order chi connectivity index (χ1) is 9.39. The normalized spacial score (nSPS) is 17.9. The van der Waals surface area contributed by atoms with E-state index in [4.69, 9.17) is 11.6 Å². The molecule has 20 heavy (non-hydrogen) atoms. The first kappa shape index (κ1) is 15.3. The Morgan fingerprint density at radius 1 is 1.25 bits per heavy atom. The van der Waals surface area contributed by atoms with Crippen molar-refractivity contribution in [2.24, 2.45) is 0 Å². The van der Waals surface area contributed by atoms with Crippen molar-refractivity contribution in [1.29, 1.82) is 0 Å². The van der Waals surface area contributed by atoms with E-state index in [0.29, 0.717) is 31.6 Å². The number of piperidine rings is 1. The smallest absolute Gasteiger partial charge is 0.243 e. The van der Waals surface area contributed by atoms with E-state index in [0.717, 1.165) is 0 Å². The van der Waals surface area contributed by atoms with E-state index >= 15 is 0 Å². The summed E-state index contributed by atoms with van der Waals surface area (Å²) in [6, 6.07) is 6.19. The Balaban J connectivity index is 2.15. The fourth-order valence-electron chi connectivity index (χ4n) is 2.13. The topological polar surface area (TPSA) is 66.5 Å². The average Bonchev–Trinajstić information content (AvgIpc) is 2.39. The summed E-state index contributed by atoms with van der Waals surface area (Å²) < 4.78 is 26.3. The minimum Gasteiger partial charge on any atom is -0.326 e. The molecule has 0 bridgehead atoms. The lowest BCUT2D eigenvalue weighted by molar-refractivity contribution is -0.114. The van der Waals surface area contributed by atoms with Gasteiger partial charge < -0.3 is 5.32 Å². The van der Waals surface area contributed by atoms with Crippen LogP contribution >= 0.6 is 11.6 Å². The highest BCUT2D eigenvalue weighted by Gasteiger charge is 2.28. The highest BCUT2D eigenvalue weighted by atomic mass is 35.5. The number of amides is 1. The lowest BCUT2D eigenvalue weighted by atomic mass is 10.2. The summed E-state index contributed by atoms with van der Waals surface area (Å²) in [5, 5.41) is 2.66. The first-order valence-corrected chi connectivity index (χ1v) is 8.29. The number of sulfonamides is 1. The summed E-state index contributed by atoms with van der Waals surface area (Å²) in [5.74, 6) is -0.190. The molecule has 2 rings (SSSR count). The van der Waals surface area contributed by atoms with Crippen molar-refractivity contribution in [3.05, 3.63) is 24.3 Å². The molecule has 1 aliphatic heterocycles. The summed E-state index contributed by atoms with van der Waals surface area (Å²) in [4.78, 5) is 11.2. The summed E-state index contributed by atoms with van der Waals surface area (Å²) in [5.41, 5.74) is 0.580. The molecular weight excluding hydrogens is 300 g/mol. The van der Waals surface area contributed by atoms with Gasteiger partial charge >= 0.3 is 0 Å². The molecule has 0 saturated carbocycles. The molecule has 1 aromatic rings. The molecule has 1 aromatic carbocycles. The zero-order valence-corrected chi connectivity index (χ0v) is 12.7. The second-order valence-corrected chi connectivity index (χ2v) is 7.34. The predicted molar refractivity (Wildman–Crippen MR) is 78.4 cm³/mol. The van der Waals surface area contributed by atoms with Crippen LogP contribution in [0.15, 0.2) is 29.2 Å². The van der Waals surface area contributed by atoms with Crippen LogP contribution in [0, 0.1) is 0 Å². The number of carbonyl (C=O) groups excluding carboxylic acids is 1. The highest BCUT2D eigenvalue weighted by Crippen LogP contribution is 2.23. The molecule has 1 heterocycles. The number of alkyl halides is 1. The highest BCUT2D eigenvalue weighted by molar-refractivity contribution is 7.89. The maximum absolute atomic E-state index is 12.4. The zero-order valence-electron chi connectivity index (χ0n) is 11.2. The summed E-state index contributed by atoms with van der Waals surface area (Å²) in [6.07, 6.45) is 1.34. The minimum absolute atomic E-state index is 0.0589. The molecule has 0 atom stereocenters. The van der Waals surface area contributed by atoms with E-state index in [9.17, 15) is 13.2 Å². The lowest BCUT2D eigenvalue weighted by Crippen LogP contribution is -2.38. The number of carbonyl (C=O) groups is 1. The SMILES string of the molecule is CC(=O)Nc1ccc(S(=O)(=O)N2CCC(Cl)CC2)cc1. The van der Waals surface area contributed by atoms with Gasteiger partial charge in [-0.2, -0.15) is 4.31 Å². The van der Waals surface area contributed by atoms with E-state index in [-0.39, 0.29) is 16.2 Å². The van der Waals surface area contributed by atoms with E-state index in [1.165, 1.54) is 23.4 Å². The molecule has 1 N–H and O–H groups in total. The van der Waals surface area contributed by atoms with Crippen molar-refractivity contribution < 1.29 is 13.2 Å². The second kappa shape index (κ2) is 6.11. The van der Waals surface area contributed by atoms with E-state index in [2.05, 4.69) is 5.32 Å². The van der Waals surface area contributed by atoms with Gasteiger partial charge in [-0.3, -0.25) is 4.79 Å². The Hall–Kier alpha value is -1.11. The summed E-state index contributed by atoms with van der Waals surface area (Å²) in [6.45, 7) is 2.30. The quantitative estimate of drug-likeness (QED) is 0.868. The van der Waals surface area contributed by atoms with Crippen LogP contribution in [-0.2, 0) is 14.8 Å². The van der Waals surface area contributed by atoms with Gasteiger partial charge in [0.2, 0.25) is 15.9 Å². The standard InChI is InChI=1S/C13H17ClN2O3S/c1-10(17)15-12-2-4-13(5-3-12)20(18,19)16-8-6-11(14)7-9-16/h2-5,11H,6-9H2,1H3,(H,15,17). The largest absolute Gasteiger partial charge is 0.326 e. The Morgan fingerprint density at radius 2 is 1.80 bits per heavy atom. The predicted octanol–water partition coefficient (Wildman–Crippen LogP) is 2.04. The van der Waals surface area contributed by atoms with Crippen molar-refractivity contribution in [3.63, 3.8) is 0 Å². The Kier molecular flexibility index (Phi) is 4.67. The molecule has 1 amide bonds. The van der Waals surface area contributed by atoms with Gasteiger partial charge in [-0.1, -0.05) is 0 Å². The van der Waals surface area contributed by atoms with Crippen LogP contribution in [-0.4, -0.2) is 37.1 Å². The third-order valence-corrected chi connectivity index (χ3v) is 5.55. The van der Waals surface area contributed by atoms with Gasteiger partial charge in [0.15, 0.2) is 0 Å². The molecule has 0 aliphatic carbocycles. The van der Waals surface area contributed by atoms with Crippen LogP contribution in [0.2, 0.25) is 0 Å². The van der Waals surface area contributed by atoms with Crippen LogP contribution in [0.4, 0.5) is 5.69 Å². The van der Waals surface area contributed by atoms with Gasteiger partial charge in [0, 0.05) is 31.1 Å². The number of rotatable bonds is 3. The second-order valence-electron chi connectivity index (χ2n) is 4.78. The third kappa shape index (κ3) is 3.50. The molecule has 0 radical (unpaired) electrons. The molecule has 1 saturated heterocycles. The van der Waals surface area contributed by atoms with Crippen molar-refractivity contribution >= 4 is 33.2 Å². The van der Waals surface area contributed by atoms with E-state index < -0.39 is 10.0 Å². The Bertz CT molecular complexity index is 578. The summed E-state index contributed by atoms with van der Waals surface area (Å²) in [7, 11) is -3.47. The average molecular weight is 317 g/mol. The Labute approximate surface area is 124 Å². The Morgan fingerprint density at radius 3 is 2.30 bits per heavy atom. The monoisotopic (exact) mass is 316 g/mol. The van der Waals surface area contributed by atoms with Crippen molar-refractivity contribution in [2.75, 3.05) is 18.4 Å². The molecule has 5 nitrogen and oxygen atoms in total. The fraction of sp³-hybridized carbons (Fsp3) is 0.462. The van der Waals surface area contributed by atoms with Crippen LogP contribution in [0.1, 0.15) is 19.8 Å². The molecule has 0 aromatic heterocycles. The molecular formula is C13H17ClN2O3S. The maximum atomic E-state index is 12.4. The molecule has 110 valence electrons. The lowest BCUT2D eigenvalue weighted by Gasteiger charge is -2.28. The van der Waals surface area contributed by atoms with Crippen LogP contribution in [0.3, 0.4) is 0 Å². The van der Waals surface area contributed by atoms with Gasteiger partial charge in [0.25, 0.3) is 0 Å². The number of halogens is 1. The molecule has 0 unspecified atom stereocenters. The van der Waals surface area contributed by atoms with Crippen molar-refractivity contribution in [1.82, 2.24) is 4.31 Å². The van der Waals surface area contributed by atoms with Gasteiger partial charge in [-0.25, -0.2) is 8.42 Å². The van der Waals surface area contributed by atoms with Gasteiger partial charge in [-0.15, -0.1) is 11.6 Å². The van der Waals surface area contributed by atoms with E-state index in [1.807, 2.05) is 0 Å². The van der Waals surface area contributed by atoms with Gasteiger partial charge in [0.05, 0.1) is 4.90 Å². The number of hydrogen-bond acceptors (Lipinski definition) is 3. The molecule has 0 spiro atoms. The van der Waals surface area contributed by atoms with Crippen LogP contribution < -0.4 is 5.32 Å². The van der Waals surface area contributed by atoms with Crippen LogP contribution in [0.5, 0.6) is 0 Å². The third-order valence-electron chi connectivity index (χ3n) is 3.20. The van der Waals surface area contributed by atoms with Crippen molar-refractivity contribution in [3.8, 4) is 0 Å². The maximum Gasteiger partial charge on any atom is 0.243 e. The van der Waals surface area contributed by atoms with Gasteiger partial charge in [-0.05, 0) is 37.1 Å². The zero-order chi connectivity index (χ0) is 14.8. The molecule has 7 heteroatoms. The minimum atomic E-state index is -3.47. The number of hydrogen-bond donors (Lipinski definition) is 1. The first-order valence-electron chi connectivity index (χ1n) is 6.41. The fourth-order valence-corrected chi connectivity index (χ4v) is 3.79. The molecule has 1 fully saturated rings. The van der Waals surface area contributed by atoms with Crippen molar-refractivity contribution in [2.45, 2.75) is 30.0 Å². The number of benzene rings is 1. The van der Waals surface area contributed by atoms with Gasteiger partial charge in [0.1, 0.15) is 0 Å². The summed E-state index contributed by atoms with van der Waals surface area (Å²) >= 11 is 5.99. The number of anilines is 1. The van der Waals surface area contributed by atoms with E-state index in [1.54, 1.807) is 12.1 Å². The number of nitrogens with one attached hydrogen (secondary N) is 1. The number of nitrogens with zero attached hydrogens (tertiary/aromatic N) is 1.